The molecule has 0 aliphatic carbocycles. The quantitative estimate of drug-likeness (QED) is 0.714. The zero-order valence-corrected chi connectivity index (χ0v) is 16.4. The maximum absolute atomic E-state index is 12.9. The molecule has 2 aromatic carbocycles. The van der Waals surface area contributed by atoms with Crippen molar-refractivity contribution in [2.75, 3.05) is 31.0 Å². The van der Waals surface area contributed by atoms with Gasteiger partial charge in [-0.1, -0.05) is 11.6 Å². The van der Waals surface area contributed by atoms with Crippen LogP contribution in [0, 0.1) is 0 Å². The van der Waals surface area contributed by atoms with Crippen LogP contribution in [0.15, 0.2) is 53.2 Å². The van der Waals surface area contributed by atoms with Gasteiger partial charge >= 0.3 is 0 Å². The van der Waals surface area contributed by atoms with Crippen molar-refractivity contribution in [1.29, 1.82) is 0 Å². The van der Waals surface area contributed by atoms with Crippen molar-refractivity contribution < 1.29 is 23.8 Å². The van der Waals surface area contributed by atoms with E-state index in [0.717, 1.165) is 4.90 Å². The van der Waals surface area contributed by atoms with Gasteiger partial charge in [-0.3, -0.25) is 9.59 Å². The largest absolute Gasteiger partial charge is 0.497 e. The van der Waals surface area contributed by atoms with Gasteiger partial charge in [0, 0.05) is 6.07 Å². The average Bonchev–Trinajstić information content (AvgIpc) is 2.92. The number of hydrogen-bond donors (Lipinski definition) is 1. The maximum Gasteiger partial charge on any atom is 0.283 e. The molecule has 0 saturated heterocycles. The van der Waals surface area contributed by atoms with Gasteiger partial charge in [0.1, 0.15) is 28.0 Å². The first kappa shape index (κ1) is 19.6. The van der Waals surface area contributed by atoms with Crippen LogP contribution in [0.25, 0.3) is 0 Å². The number of hydrogen-bond acceptors (Lipinski definition) is 6. The highest BCUT2D eigenvalue weighted by Crippen LogP contribution is 2.35. The van der Waals surface area contributed by atoms with Crippen molar-refractivity contribution in [3.8, 4) is 17.2 Å². The molecule has 0 unspecified atom stereocenters. The molecule has 0 atom stereocenters. The summed E-state index contributed by atoms with van der Waals surface area (Å²) in [5, 5.41) is 2.70. The van der Waals surface area contributed by atoms with Crippen LogP contribution in [-0.2, 0) is 9.59 Å². The predicted molar refractivity (Wildman–Crippen MR) is 106 cm³/mol. The van der Waals surface area contributed by atoms with Crippen molar-refractivity contribution in [1.82, 2.24) is 0 Å². The Labute approximate surface area is 167 Å². The topological polar surface area (TPSA) is 77.1 Å². The van der Waals surface area contributed by atoms with Crippen molar-refractivity contribution >= 4 is 34.8 Å². The second-order valence-electron chi connectivity index (χ2n) is 5.75. The zero-order chi connectivity index (χ0) is 20.3. The smallest absolute Gasteiger partial charge is 0.283 e. The summed E-state index contributed by atoms with van der Waals surface area (Å²) in [6.45, 7) is 2.39. The van der Waals surface area contributed by atoms with Gasteiger partial charge in [-0.2, -0.15) is 0 Å². The van der Waals surface area contributed by atoms with E-state index in [0.29, 0.717) is 35.2 Å². The van der Waals surface area contributed by atoms with E-state index >= 15 is 0 Å². The summed E-state index contributed by atoms with van der Waals surface area (Å²) in [4.78, 5) is 26.5. The summed E-state index contributed by atoms with van der Waals surface area (Å²) in [6, 6.07) is 11.7. The summed E-state index contributed by atoms with van der Waals surface area (Å²) in [7, 11) is 3.02. The molecular formula is C20H19ClN2O5. The molecule has 0 saturated carbocycles. The maximum atomic E-state index is 12.9. The number of carbonyl (C=O) groups excluding carboxylic acids is 2. The third-order valence-corrected chi connectivity index (χ3v) is 4.45. The van der Waals surface area contributed by atoms with E-state index in [-0.39, 0.29) is 10.7 Å². The second-order valence-corrected chi connectivity index (χ2v) is 6.13. The Morgan fingerprint density at radius 3 is 2.25 bits per heavy atom. The Kier molecular flexibility index (Phi) is 5.75. The molecular weight excluding hydrogens is 384 g/mol. The first-order valence-corrected chi connectivity index (χ1v) is 8.88. The monoisotopic (exact) mass is 402 g/mol. The fourth-order valence-electron chi connectivity index (χ4n) is 2.75. The molecule has 2 amide bonds. The molecule has 0 aromatic heterocycles. The van der Waals surface area contributed by atoms with Crippen molar-refractivity contribution in [3.05, 3.63) is 53.2 Å². The number of nitrogens with zero attached hydrogens (tertiary/aromatic N) is 1. The van der Waals surface area contributed by atoms with Gasteiger partial charge in [0.05, 0.1) is 32.2 Å². The molecule has 2 aromatic rings. The third kappa shape index (κ3) is 3.61. The molecule has 0 bridgehead atoms. The van der Waals surface area contributed by atoms with Gasteiger partial charge in [-0.25, -0.2) is 4.90 Å². The van der Waals surface area contributed by atoms with Crippen LogP contribution < -0.4 is 24.4 Å². The normalized spacial score (nSPS) is 13.8. The van der Waals surface area contributed by atoms with Crippen molar-refractivity contribution in [2.24, 2.45) is 0 Å². The molecule has 8 heteroatoms. The first-order valence-electron chi connectivity index (χ1n) is 8.50. The third-order valence-electron chi connectivity index (χ3n) is 4.10. The lowest BCUT2D eigenvalue weighted by Gasteiger charge is -2.16. The highest BCUT2D eigenvalue weighted by atomic mass is 35.5. The van der Waals surface area contributed by atoms with Crippen LogP contribution in [0.5, 0.6) is 17.2 Å². The molecule has 1 N–H and O–H groups in total. The Balaban J connectivity index is 1.89. The number of anilines is 2. The second kappa shape index (κ2) is 8.22. The van der Waals surface area contributed by atoms with Gasteiger partial charge in [-0.15, -0.1) is 0 Å². The number of benzene rings is 2. The minimum absolute atomic E-state index is 0.0351. The molecule has 3 rings (SSSR count). The number of halogens is 1. The number of nitrogens with one attached hydrogen (secondary N) is 1. The molecule has 146 valence electrons. The number of carbonyl (C=O) groups is 2. The van der Waals surface area contributed by atoms with E-state index in [1.165, 1.54) is 14.2 Å². The lowest BCUT2D eigenvalue weighted by Crippen LogP contribution is -2.32. The van der Waals surface area contributed by atoms with Gasteiger partial charge in [0.25, 0.3) is 11.8 Å². The molecule has 7 nitrogen and oxygen atoms in total. The lowest BCUT2D eigenvalue weighted by atomic mass is 10.2. The highest BCUT2D eigenvalue weighted by molar-refractivity contribution is 6.53. The van der Waals surface area contributed by atoms with Gasteiger partial charge in [0.15, 0.2) is 0 Å². The van der Waals surface area contributed by atoms with Crippen LogP contribution >= 0.6 is 11.6 Å². The molecule has 1 aliphatic rings. The van der Waals surface area contributed by atoms with Crippen molar-refractivity contribution in [3.63, 3.8) is 0 Å². The number of amides is 2. The standard InChI is InChI=1S/C20H19ClN2O5/c1-4-28-13-7-5-12(6-8-13)23-19(24)17(21)18(20(23)25)22-15-11-14(26-2)9-10-16(15)27-3/h5-11,22H,4H2,1-3H3. The fourth-order valence-corrected chi connectivity index (χ4v) is 2.96. The summed E-state index contributed by atoms with van der Waals surface area (Å²) in [5.74, 6) is 0.491. The van der Waals surface area contributed by atoms with Gasteiger partial charge in [-0.05, 0) is 43.3 Å². The Morgan fingerprint density at radius 1 is 0.964 bits per heavy atom. The van der Waals surface area contributed by atoms with Crippen LogP contribution in [-0.4, -0.2) is 32.6 Å². The molecule has 0 spiro atoms. The lowest BCUT2D eigenvalue weighted by molar-refractivity contribution is -0.120. The fraction of sp³-hybridized carbons (Fsp3) is 0.200. The summed E-state index contributed by atoms with van der Waals surface area (Å²) in [5.41, 5.74) is 0.808. The van der Waals surface area contributed by atoms with E-state index in [9.17, 15) is 9.59 Å². The predicted octanol–water partition coefficient (Wildman–Crippen LogP) is 3.54. The van der Waals surface area contributed by atoms with E-state index < -0.39 is 11.8 Å². The number of rotatable bonds is 7. The first-order chi connectivity index (χ1) is 13.5. The van der Waals surface area contributed by atoms with Crippen LogP contribution in [0.3, 0.4) is 0 Å². The minimum atomic E-state index is -0.611. The van der Waals surface area contributed by atoms with E-state index in [2.05, 4.69) is 5.32 Å². The van der Waals surface area contributed by atoms with Crippen LogP contribution in [0.1, 0.15) is 6.92 Å². The van der Waals surface area contributed by atoms with Crippen LogP contribution in [0.4, 0.5) is 11.4 Å². The summed E-state index contributed by atoms with van der Waals surface area (Å²) in [6.07, 6.45) is 0. The summed E-state index contributed by atoms with van der Waals surface area (Å²) >= 11 is 6.18. The average molecular weight is 403 g/mol. The molecule has 0 fully saturated rings. The molecule has 28 heavy (non-hydrogen) atoms. The molecule has 1 aliphatic heterocycles. The molecule has 0 radical (unpaired) electrons. The number of imide groups is 1. The van der Waals surface area contributed by atoms with Gasteiger partial charge in [0.2, 0.25) is 0 Å². The van der Waals surface area contributed by atoms with E-state index in [4.69, 9.17) is 25.8 Å². The van der Waals surface area contributed by atoms with E-state index in [1.54, 1.807) is 42.5 Å². The number of ether oxygens (including phenoxy) is 3. The molecule has 1 heterocycles. The highest BCUT2D eigenvalue weighted by Gasteiger charge is 2.39. The minimum Gasteiger partial charge on any atom is -0.497 e. The zero-order valence-electron chi connectivity index (χ0n) is 15.6. The van der Waals surface area contributed by atoms with Crippen LogP contribution in [0.2, 0.25) is 0 Å². The number of methoxy groups -OCH3 is 2. The van der Waals surface area contributed by atoms with E-state index in [1.807, 2.05) is 6.92 Å². The van der Waals surface area contributed by atoms with Gasteiger partial charge < -0.3 is 19.5 Å². The summed E-state index contributed by atoms with van der Waals surface area (Å²) < 4.78 is 15.9. The van der Waals surface area contributed by atoms with Crippen molar-refractivity contribution in [2.45, 2.75) is 6.92 Å². The Morgan fingerprint density at radius 2 is 1.64 bits per heavy atom. The Bertz CT molecular complexity index is 940. The Hall–Kier alpha value is -3.19. The SMILES string of the molecule is CCOc1ccc(N2C(=O)C(Cl)=C(Nc3cc(OC)ccc3OC)C2=O)cc1.